The summed E-state index contributed by atoms with van der Waals surface area (Å²) in [6.45, 7) is 0. The number of rotatable bonds is 4. The Labute approximate surface area is 188 Å². The summed E-state index contributed by atoms with van der Waals surface area (Å²) in [7, 11) is 0. The number of aromatic nitrogens is 3. The molecular formula is C24H17ClFN5O. The Balaban J connectivity index is 1.50. The van der Waals surface area contributed by atoms with E-state index in [1.54, 1.807) is 41.1 Å². The number of carbonyl (C=O) groups excluding carboxylic acids is 1. The first-order valence-corrected chi connectivity index (χ1v) is 10.3. The number of amides is 1. The van der Waals surface area contributed by atoms with Crippen LogP contribution in [0, 0.1) is 5.82 Å². The summed E-state index contributed by atoms with van der Waals surface area (Å²) in [6, 6.07) is 22.2. The molecule has 0 radical (unpaired) electrons. The van der Waals surface area contributed by atoms with Gasteiger partial charge in [-0.1, -0.05) is 54.1 Å². The second-order valence-corrected chi connectivity index (χ2v) is 7.67. The molecule has 6 nitrogen and oxygen atoms in total. The molecule has 8 heteroatoms. The SMILES string of the molecule is O=C(Nc1nc2n(n1)[C@@H](c1ccc(F)cc1)C=C(c1ccccc1)N2)c1ccc(Cl)cc1. The van der Waals surface area contributed by atoms with Crippen molar-refractivity contribution >= 4 is 35.1 Å². The third kappa shape index (κ3) is 3.98. The van der Waals surface area contributed by atoms with Gasteiger partial charge >= 0.3 is 0 Å². The minimum atomic E-state index is -0.348. The van der Waals surface area contributed by atoms with Crippen molar-refractivity contribution in [2.75, 3.05) is 10.6 Å². The van der Waals surface area contributed by atoms with Gasteiger partial charge in [0.05, 0.1) is 0 Å². The number of hydrogen-bond donors (Lipinski definition) is 2. The van der Waals surface area contributed by atoms with Crippen LogP contribution in [0.2, 0.25) is 5.02 Å². The Morgan fingerprint density at radius 1 is 1.00 bits per heavy atom. The highest BCUT2D eigenvalue weighted by molar-refractivity contribution is 6.30. The number of halogens is 2. The fraction of sp³-hybridized carbons (Fsp3) is 0.0417. The van der Waals surface area contributed by atoms with Crippen LogP contribution in [0.15, 0.2) is 84.9 Å². The zero-order valence-corrected chi connectivity index (χ0v) is 17.4. The predicted octanol–water partition coefficient (Wildman–Crippen LogP) is 5.38. The lowest BCUT2D eigenvalue weighted by atomic mass is 10.0. The van der Waals surface area contributed by atoms with Crippen molar-refractivity contribution in [2.24, 2.45) is 0 Å². The Bertz CT molecular complexity index is 1300. The van der Waals surface area contributed by atoms with E-state index in [-0.39, 0.29) is 23.7 Å². The van der Waals surface area contributed by atoms with Crippen LogP contribution in [0.25, 0.3) is 5.70 Å². The molecule has 32 heavy (non-hydrogen) atoms. The minimum absolute atomic E-state index is 0.155. The van der Waals surface area contributed by atoms with Crippen LogP contribution in [0.1, 0.15) is 27.5 Å². The van der Waals surface area contributed by atoms with Gasteiger partial charge in [0.25, 0.3) is 11.9 Å². The molecule has 4 aromatic rings. The van der Waals surface area contributed by atoms with E-state index in [1.807, 2.05) is 36.4 Å². The van der Waals surface area contributed by atoms with E-state index in [4.69, 9.17) is 11.6 Å². The van der Waals surface area contributed by atoms with Crippen LogP contribution >= 0.6 is 11.6 Å². The van der Waals surface area contributed by atoms with E-state index in [2.05, 4.69) is 20.7 Å². The van der Waals surface area contributed by atoms with Crippen LogP contribution < -0.4 is 10.6 Å². The second kappa shape index (κ2) is 8.28. The summed E-state index contributed by atoms with van der Waals surface area (Å²) >= 11 is 5.90. The average molecular weight is 446 g/mol. The molecule has 0 spiro atoms. The Morgan fingerprint density at radius 3 is 2.44 bits per heavy atom. The number of anilines is 2. The van der Waals surface area contributed by atoms with Crippen molar-refractivity contribution < 1.29 is 9.18 Å². The van der Waals surface area contributed by atoms with Crippen LogP contribution in [0.4, 0.5) is 16.3 Å². The van der Waals surface area contributed by atoms with Crippen molar-refractivity contribution in [1.29, 1.82) is 0 Å². The van der Waals surface area contributed by atoms with Gasteiger partial charge in [0.1, 0.15) is 11.9 Å². The maximum Gasteiger partial charge on any atom is 0.258 e. The Morgan fingerprint density at radius 2 is 1.72 bits per heavy atom. The van der Waals surface area contributed by atoms with Gasteiger partial charge < -0.3 is 5.32 Å². The van der Waals surface area contributed by atoms with Gasteiger partial charge in [-0.3, -0.25) is 10.1 Å². The van der Waals surface area contributed by atoms with Crippen LogP contribution in [0.3, 0.4) is 0 Å². The molecule has 0 saturated carbocycles. The minimum Gasteiger partial charge on any atom is -0.324 e. The highest BCUT2D eigenvalue weighted by Crippen LogP contribution is 2.33. The van der Waals surface area contributed by atoms with Gasteiger partial charge in [-0.15, -0.1) is 5.10 Å². The molecule has 1 aliphatic heterocycles. The monoisotopic (exact) mass is 445 g/mol. The number of allylic oxidation sites excluding steroid dienone is 1. The summed E-state index contributed by atoms with van der Waals surface area (Å²) in [5.41, 5.74) is 3.09. The lowest BCUT2D eigenvalue weighted by Gasteiger charge is -2.24. The standard InChI is InChI=1S/C24H17ClFN5O/c25-18-10-6-17(7-11-18)22(32)28-23-29-24-27-20(15-4-2-1-3-5-15)14-21(31(24)30-23)16-8-12-19(26)13-9-16/h1-14,21H,(H2,27,28,29,30,32)/t21-/m1/s1. The smallest absolute Gasteiger partial charge is 0.258 e. The first-order chi connectivity index (χ1) is 15.6. The number of fused-ring (bicyclic) bond motifs is 1. The lowest BCUT2D eigenvalue weighted by molar-refractivity contribution is 0.102. The van der Waals surface area contributed by atoms with E-state index in [9.17, 15) is 9.18 Å². The highest BCUT2D eigenvalue weighted by atomic mass is 35.5. The lowest BCUT2D eigenvalue weighted by Crippen LogP contribution is -2.20. The molecular weight excluding hydrogens is 429 g/mol. The molecule has 0 saturated heterocycles. The van der Waals surface area contributed by atoms with E-state index in [1.165, 1.54) is 12.1 Å². The fourth-order valence-corrected chi connectivity index (χ4v) is 3.63. The molecule has 0 bridgehead atoms. The number of hydrogen-bond acceptors (Lipinski definition) is 4. The predicted molar refractivity (Wildman–Crippen MR) is 122 cm³/mol. The summed E-state index contributed by atoms with van der Waals surface area (Å²) in [4.78, 5) is 17.1. The van der Waals surface area contributed by atoms with E-state index in [0.29, 0.717) is 16.5 Å². The second-order valence-electron chi connectivity index (χ2n) is 7.23. The normalized spacial score (nSPS) is 14.8. The number of carbonyl (C=O) groups is 1. The van der Waals surface area contributed by atoms with Gasteiger partial charge in [-0.05, 0) is 53.6 Å². The van der Waals surface area contributed by atoms with Crippen LogP contribution in [-0.2, 0) is 0 Å². The van der Waals surface area contributed by atoms with Crippen molar-refractivity contribution in [2.45, 2.75) is 6.04 Å². The third-order valence-electron chi connectivity index (χ3n) is 5.09. The Hall–Kier alpha value is -3.97. The van der Waals surface area contributed by atoms with Crippen molar-refractivity contribution in [1.82, 2.24) is 14.8 Å². The summed E-state index contributed by atoms with van der Waals surface area (Å²) in [5, 5.41) is 11.0. The van der Waals surface area contributed by atoms with Gasteiger partial charge in [0, 0.05) is 16.3 Å². The zero-order valence-electron chi connectivity index (χ0n) is 16.7. The summed E-state index contributed by atoms with van der Waals surface area (Å²) < 4.78 is 15.2. The van der Waals surface area contributed by atoms with Gasteiger partial charge in [0.2, 0.25) is 5.95 Å². The molecule has 1 aliphatic rings. The molecule has 0 fully saturated rings. The molecule has 158 valence electrons. The number of nitrogens with one attached hydrogen (secondary N) is 2. The molecule has 1 amide bonds. The first kappa shape index (κ1) is 20.0. The summed E-state index contributed by atoms with van der Waals surface area (Å²) in [5.74, 6) is -0.0433. The van der Waals surface area contributed by atoms with E-state index < -0.39 is 0 Å². The quantitative estimate of drug-likeness (QED) is 0.442. The van der Waals surface area contributed by atoms with E-state index in [0.717, 1.165) is 16.8 Å². The molecule has 5 rings (SSSR count). The fourth-order valence-electron chi connectivity index (χ4n) is 3.50. The van der Waals surface area contributed by atoms with Gasteiger partial charge in [0.15, 0.2) is 0 Å². The van der Waals surface area contributed by atoms with Gasteiger partial charge in [-0.25, -0.2) is 9.07 Å². The molecule has 1 aromatic heterocycles. The topological polar surface area (TPSA) is 71.8 Å². The maximum atomic E-state index is 13.5. The van der Waals surface area contributed by atoms with Crippen LogP contribution in [0.5, 0.6) is 0 Å². The van der Waals surface area contributed by atoms with Crippen molar-refractivity contribution in [3.05, 3.63) is 112 Å². The Kier molecular flexibility index (Phi) is 5.17. The first-order valence-electron chi connectivity index (χ1n) is 9.90. The third-order valence-corrected chi connectivity index (χ3v) is 5.35. The molecule has 2 heterocycles. The van der Waals surface area contributed by atoms with Crippen LogP contribution in [-0.4, -0.2) is 20.7 Å². The molecule has 0 unspecified atom stereocenters. The molecule has 3 aromatic carbocycles. The van der Waals surface area contributed by atoms with Gasteiger partial charge in [-0.2, -0.15) is 4.98 Å². The summed E-state index contributed by atoms with van der Waals surface area (Å²) in [6.07, 6.45) is 2.00. The molecule has 1 atom stereocenters. The highest BCUT2D eigenvalue weighted by Gasteiger charge is 2.26. The molecule has 0 aliphatic carbocycles. The zero-order chi connectivity index (χ0) is 22.1. The van der Waals surface area contributed by atoms with E-state index >= 15 is 0 Å². The average Bonchev–Trinajstić information content (AvgIpc) is 3.22. The number of nitrogens with zero attached hydrogens (tertiary/aromatic N) is 3. The number of benzene rings is 3. The van der Waals surface area contributed by atoms with Crippen molar-refractivity contribution in [3.63, 3.8) is 0 Å². The van der Waals surface area contributed by atoms with Crippen molar-refractivity contribution in [3.8, 4) is 0 Å². The largest absolute Gasteiger partial charge is 0.324 e. The molecule has 2 N–H and O–H groups in total. The maximum absolute atomic E-state index is 13.5.